The Morgan fingerprint density at radius 1 is 1.10 bits per heavy atom. The minimum absolute atomic E-state index is 0.433. The van der Waals surface area contributed by atoms with Crippen molar-refractivity contribution < 1.29 is 4.74 Å². The highest BCUT2D eigenvalue weighted by Gasteiger charge is 2.05. The molecule has 0 aliphatic rings. The summed E-state index contributed by atoms with van der Waals surface area (Å²) in [6, 6.07) is 15.4. The van der Waals surface area contributed by atoms with Gasteiger partial charge in [0.05, 0.1) is 0 Å². The Hall–Kier alpha value is -2.30. The van der Waals surface area contributed by atoms with Crippen molar-refractivity contribution in [3.8, 4) is 5.75 Å². The molecule has 0 bridgehead atoms. The summed E-state index contributed by atoms with van der Waals surface area (Å²) >= 11 is 6.20. The van der Waals surface area contributed by atoms with Gasteiger partial charge in [0, 0.05) is 22.0 Å². The number of hydrogen-bond acceptors (Lipinski definition) is 4. The van der Waals surface area contributed by atoms with Crippen molar-refractivity contribution in [1.82, 2.24) is 4.98 Å². The average molecular weight is 300 g/mol. The van der Waals surface area contributed by atoms with Crippen molar-refractivity contribution in [2.45, 2.75) is 6.61 Å². The lowest BCUT2D eigenvalue weighted by atomic mass is 10.1. The predicted octanol–water partition coefficient (Wildman–Crippen LogP) is 3.75. The number of hydrogen-bond donors (Lipinski definition) is 2. The summed E-state index contributed by atoms with van der Waals surface area (Å²) in [5.41, 5.74) is 3.50. The van der Waals surface area contributed by atoms with E-state index in [4.69, 9.17) is 22.2 Å². The lowest BCUT2D eigenvalue weighted by Gasteiger charge is -2.11. The largest absolute Gasteiger partial charge is 0.488 e. The molecule has 3 N–H and O–H groups in total. The first kappa shape index (κ1) is 13.7. The normalized spacial score (nSPS) is 10.6. The van der Waals surface area contributed by atoms with Gasteiger partial charge in [0.15, 0.2) is 0 Å². The highest BCUT2D eigenvalue weighted by atomic mass is 35.5. The molecule has 0 atom stereocenters. The Labute approximate surface area is 127 Å². The average Bonchev–Trinajstić information content (AvgIpc) is 2.55. The van der Waals surface area contributed by atoms with E-state index in [0.717, 1.165) is 27.1 Å². The molecule has 0 aliphatic heterocycles. The molecule has 106 valence electrons. The highest BCUT2D eigenvalue weighted by molar-refractivity contribution is 6.35. The van der Waals surface area contributed by atoms with Crippen LogP contribution in [0.4, 0.5) is 5.82 Å². The maximum absolute atomic E-state index is 6.20. The minimum Gasteiger partial charge on any atom is -0.488 e. The first-order valence-electron chi connectivity index (χ1n) is 6.49. The predicted molar refractivity (Wildman–Crippen MR) is 85.3 cm³/mol. The number of pyridine rings is 1. The third-order valence-corrected chi connectivity index (χ3v) is 3.53. The molecule has 0 unspecified atom stereocenters. The van der Waals surface area contributed by atoms with Crippen LogP contribution < -0.4 is 16.0 Å². The zero-order valence-electron chi connectivity index (χ0n) is 11.2. The van der Waals surface area contributed by atoms with E-state index >= 15 is 0 Å². The van der Waals surface area contributed by atoms with Crippen LogP contribution in [-0.4, -0.2) is 4.98 Å². The zero-order valence-corrected chi connectivity index (χ0v) is 12.0. The molecule has 1 aromatic heterocycles. The molecule has 1 heterocycles. The second kappa shape index (κ2) is 5.99. The van der Waals surface area contributed by atoms with Crippen LogP contribution in [0.25, 0.3) is 10.8 Å². The second-order valence-corrected chi connectivity index (χ2v) is 4.98. The summed E-state index contributed by atoms with van der Waals surface area (Å²) in [6.45, 7) is 0.433. The number of halogens is 1. The molecule has 21 heavy (non-hydrogen) atoms. The van der Waals surface area contributed by atoms with Crippen LogP contribution in [0.1, 0.15) is 5.56 Å². The number of rotatable bonds is 4. The van der Waals surface area contributed by atoms with Gasteiger partial charge in [0.1, 0.15) is 18.2 Å². The summed E-state index contributed by atoms with van der Waals surface area (Å²) in [5, 5.41) is 2.70. The molecule has 0 amide bonds. The number of anilines is 1. The van der Waals surface area contributed by atoms with Crippen LogP contribution in [0.3, 0.4) is 0 Å². The summed E-state index contributed by atoms with van der Waals surface area (Å²) in [4.78, 5) is 4.07. The number of ether oxygens (including phenoxy) is 1. The number of nitrogens with two attached hydrogens (primary N) is 1. The first-order valence-corrected chi connectivity index (χ1v) is 6.87. The lowest BCUT2D eigenvalue weighted by molar-refractivity contribution is 0.310. The quantitative estimate of drug-likeness (QED) is 0.569. The van der Waals surface area contributed by atoms with Crippen molar-refractivity contribution in [1.29, 1.82) is 0 Å². The monoisotopic (exact) mass is 299 g/mol. The molecule has 2 aromatic carbocycles. The van der Waals surface area contributed by atoms with E-state index in [0.29, 0.717) is 12.4 Å². The van der Waals surface area contributed by atoms with Crippen LogP contribution in [0, 0.1) is 0 Å². The number of nitrogen functional groups attached to an aromatic ring is 1. The number of fused-ring (bicyclic) bond motifs is 1. The van der Waals surface area contributed by atoms with Crippen LogP contribution in [0.5, 0.6) is 5.75 Å². The fourth-order valence-electron chi connectivity index (χ4n) is 2.16. The van der Waals surface area contributed by atoms with Crippen molar-refractivity contribution >= 4 is 28.2 Å². The molecule has 5 heteroatoms. The molecule has 0 fully saturated rings. The number of nitrogens with one attached hydrogen (secondary N) is 1. The smallest absolute Gasteiger partial charge is 0.140 e. The molecule has 3 aromatic rings. The van der Waals surface area contributed by atoms with Crippen LogP contribution in [0.15, 0.2) is 54.7 Å². The van der Waals surface area contributed by atoms with Gasteiger partial charge in [0.2, 0.25) is 0 Å². The van der Waals surface area contributed by atoms with Gasteiger partial charge < -0.3 is 10.2 Å². The van der Waals surface area contributed by atoms with Crippen molar-refractivity contribution in [3.63, 3.8) is 0 Å². The van der Waals surface area contributed by atoms with Crippen LogP contribution in [0.2, 0.25) is 5.02 Å². The SMILES string of the molecule is NNc1cc(COc2ccc(Cl)c3ccccc23)ccn1. The molecule has 0 saturated heterocycles. The van der Waals surface area contributed by atoms with E-state index in [1.54, 1.807) is 6.20 Å². The molecular weight excluding hydrogens is 286 g/mol. The van der Waals surface area contributed by atoms with E-state index < -0.39 is 0 Å². The van der Waals surface area contributed by atoms with Crippen LogP contribution >= 0.6 is 11.6 Å². The fourth-order valence-corrected chi connectivity index (χ4v) is 2.39. The zero-order chi connectivity index (χ0) is 14.7. The Morgan fingerprint density at radius 3 is 2.71 bits per heavy atom. The van der Waals surface area contributed by atoms with Gasteiger partial charge >= 0.3 is 0 Å². The molecular formula is C16H14ClN3O. The van der Waals surface area contributed by atoms with E-state index in [2.05, 4.69) is 10.4 Å². The molecule has 4 nitrogen and oxygen atoms in total. The van der Waals surface area contributed by atoms with E-state index in [9.17, 15) is 0 Å². The molecule has 0 radical (unpaired) electrons. The summed E-state index contributed by atoms with van der Waals surface area (Å²) < 4.78 is 5.90. The summed E-state index contributed by atoms with van der Waals surface area (Å²) in [5.74, 6) is 6.76. The number of aromatic nitrogens is 1. The topological polar surface area (TPSA) is 60.2 Å². The van der Waals surface area contributed by atoms with E-state index in [-0.39, 0.29) is 0 Å². The standard InChI is InChI=1S/C16H14ClN3O/c17-14-5-6-15(13-4-2-1-3-12(13)14)21-10-11-7-8-19-16(9-11)20-18/h1-9H,10,18H2,(H,19,20). The van der Waals surface area contributed by atoms with Gasteiger partial charge in [-0.3, -0.25) is 0 Å². The van der Waals surface area contributed by atoms with Gasteiger partial charge in [-0.25, -0.2) is 10.8 Å². The maximum atomic E-state index is 6.20. The lowest BCUT2D eigenvalue weighted by Crippen LogP contribution is -2.09. The Balaban J connectivity index is 1.87. The van der Waals surface area contributed by atoms with Crippen molar-refractivity contribution in [2.24, 2.45) is 5.84 Å². The van der Waals surface area contributed by atoms with E-state index in [1.165, 1.54) is 0 Å². The highest BCUT2D eigenvalue weighted by Crippen LogP contribution is 2.31. The van der Waals surface area contributed by atoms with Gasteiger partial charge in [-0.15, -0.1) is 0 Å². The Morgan fingerprint density at radius 2 is 1.90 bits per heavy atom. The fraction of sp³-hybridized carbons (Fsp3) is 0.0625. The Bertz CT molecular complexity index is 776. The molecule has 0 aliphatic carbocycles. The molecule has 3 rings (SSSR count). The van der Waals surface area contributed by atoms with Crippen molar-refractivity contribution in [3.05, 3.63) is 65.3 Å². The van der Waals surface area contributed by atoms with Gasteiger partial charge in [-0.2, -0.15) is 0 Å². The third-order valence-electron chi connectivity index (χ3n) is 3.20. The van der Waals surface area contributed by atoms with Gasteiger partial charge in [0.25, 0.3) is 0 Å². The summed E-state index contributed by atoms with van der Waals surface area (Å²) in [7, 11) is 0. The number of nitrogens with zero attached hydrogens (tertiary/aromatic N) is 1. The summed E-state index contributed by atoms with van der Waals surface area (Å²) in [6.07, 6.45) is 1.69. The van der Waals surface area contributed by atoms with Gasteiger partial charge in [-0.05, 0) is 29.8 Å². The minimum atomic E-state index is 0.433. The number of hydrazine groups is 1. The molecule has 0 spiro atoms. The Kier molecular flexibility index (Phi) is 3.90. The maximum Gasteiger partial charge on any atom is 0.140 e. The van der Waals surface area contributed by atoms with Gasteiger partial charge in [-0.1, -0.05) is 35.9 Å². The number of benzene rings is 2. The molecule has 0 saturated carbocycles. The van der Waals surface area contributed by atoms with Crippen LogP contribution in [-0.2, 0) is 6.61 Å². The van der Waals surface area contributed by atoms with Crippen molar-refractivity contribution in [2.75, 3.05) is 5.43 Å². The third kappa shape index (κ3) is 2.91. The first-order chi connectivity index (χ1) is 10.3. The second-order valence-electron chi connectivity index (χ2n) is 4.57. The van der Waals surface area contributed by atoms with E-state index in [1.807, 2.05) is 48.5 Å².